The number of anilines is 1. The van der Waals surface area contributed by atoms with Gasteiger partial charge >= 0.3 is 5.97 Å². The van der Waals surface area contributed by atoms with Crippen molar-refractivity contribution < 1.29 is 19.0 Å². The summed E-state index contributed by atoms with van der Waals surface area (Å²) in [5.41, 5.74) is 1.22. The molecule has 0 spiro atoms. The highest BCUT2D eigenvalue weighted by Crippen LogP contribution is 2.27. The van der Waals surface area contributed by atoms with Crippen molar-refractivity contribution in [3.05, 3.63) is 24.3 Å². The predicted octanol–water partition coefficient (Wildman–Crippen LogP) is 2.96. The van der Waals surface area contributed by atoms with Crippen LogP contribution in [0.25, 0.3) is 0 Å². The summed E-state index contributed by atoms with van der Waals surface area (Å²) in [4.78, 5) is 17.1. The van der Waals surface area contributed by atoms with Crippen LogP contribution in [0.1, 0.15) is 32.1 Å². The number of methoxy groups -OCH3 is 2. The van der Waals surface area contributed by atoms with E-state index in [1.54, 1.807) is 14.2 Å². The molecule has 6 nitrogen and oxygen atoms in total. The lowest BCUT2D eigenvalue weighted by Gasteiger charge is -2.36. The van der Waals surface area contributed by atoms with Gasteiger partial charge in [-0.2, -0.15) is 0 Å². The minimum atomic E-state index is -0.0374. The Morgan fingerprint density at radius 1 is 1.14 bits per heavy atom. The largest absolute Gasteiger partial charge is 0.497 e. The van der Waals surface area contributed by atoms with E-state index in [4.69, 9.17) is 14.2 Å². The van der Waals surface area contributed by atoms with Gasteiger partial charge in [0.15, 0.2) is 0 Å². The third kappa shape index (κ3) is 5.85. The monoisotopic (exact) mass is 390 g/mol. The number of nitrogens with zero attached hydrogens (tertiary/aromatic N) is 2. The molecule has 0 bridgehead atoms. The molecule has 156 valence electrons. The maximum Gasteiger partial charge on any atom is 0.309 e. The summed E-state index contributed by atoms with van der Waals surface area (Å²) in [6.45, 7) is 5.57. The van der Waals surface area contributed by atoms with Crippen LogP contribution < -0.4 is 9.64 Å². The van der Waals surface area contributed by atoms with Gasteiger partial charge in [-0.15, -0.1) is 0 Å². The number of ether oxygens (including phenoxy) is 3. The highest BCUT2D eigenvalue weighted by atomic mass is 16.5. The lowest BCUT2D eigenvalue weighted by Crippen LogP contribution is -2.46. The summed E-state index contributed by atoms with van der Waals surface area (Å²) in [7, 11) is 3.43. The van der Waals surface area contributed by atoms with E-state index in [9.17, 15) is 4.79 Å². The molecule has 0 radical (unpaired) electrons. The number of carbonyl (C=O) groups is 1. The quantitative estimate of drug-likeness (QED) is 0.502. The molecule has 1 saturated carbocycles. The molecular formula is C22H34N2O4. The second kappa shape index (κ2) is 10.7. The molecule has 1 aromatic rings. The molecule has 2 aliphatic rings. The van der Waals surface area contributed by atoms with E-state index in [1.807, 2.05) is 12.1 Å². The van der Waals surface area contributed by atoms with Crippen molar-refractivity contribution in [3.63, 3.8) is 0 Å². The maximum absolute atomic E-state index is 12.3. The Morgan fingerprint density at radius 2 is 1.96 bits per heavy atom. The number of esters is 1. The molecule has 2 unspecified atom stereocenters. The van der Waals surface area contributed by atoms with E-state index in [1.165, 1.54) is 5.69 Å². The van der Waals surface area contributed by atoms with Gasteiger partial charge in [-0.05, 0) is 37.8 Å². The molecule has 2 atom stereocenters. The van der Waals surface area contributed by atoms with Gasteiger partial charge in [0.1, 0.15) is 5.75 Å². The molecule has 0 N–H and O–H groups in total. The number of hydrogen-bond donors (Lipinski definition) is 0. The highest BCUT2D eigenvalue weighted by Gasteiger charge is 2.28. The Kier molecular flexibility index (Phi) is 7.98. The fraction of sp³-hybridized carbons (Fsp3) is 0.682. The Bertz CT molecular complexity index is 616. The predicted molar refractivity (Wildman–Crippen MR) is 110 cm³/mol. The van der Waals surface area contributed by atoms with E-state index in [2.05, 4.69) is 21.9 Å². The molecule has 6 heteroatoms. The van der Waals surface area contributed by atoms with Crippen LogP contribution in [0.4, 0.5) is 5.69 Å². The molecule has 1 heterocycles. The SMILES string of the molecule is COc1cccc(N2CCN(CCCOC(=O)C3CCCC(OC)C3)CC2)c1. The minimum Gasteiger partial charge on any atom is -0.497 e. The van der Waals surface area contributed by atoms with Crippen LogP contribution >= 0.6 is 0 Å². The lowest BCUT2D eigenvalue weighted by molar-refractivity contribution is -0.151. The number of rotatable bonds is 8. The van der Waals surface area contributed by atoms with Crippen LogP contribution in [0.2, 0.25) is 0 Å². The topological polar surface area (TPSA) is 51.2 Å². The summed E-state index contributed by atoms with van der Waals surface area (Å²) < 4.78 is 16.3. The van der Waals surface area contributed by atoms with Crippen molar-refractivity contribution in [2.24, 2.45) is 5.92 Å². The standard InChI is InChI=1S/C22H34N2O4/c1-26-20-8-3-6-18(16-20)22(25)28-15-5-10-23-11-13-24(14-12-23)19-7-4-9-21(17-19)27-2/h4,7,9,17-18,20H,3,5-6,8,10-16H2,1-2H3. The third-order valence-electron chi connectivity index (χ3n) is 5.95. The summed E-state index contributed by atoms with van der Waals surface area (Å²) in [5.74, 6) is 0.881. The van der Waals surface area contributed by atoms with Gasteiger partial charge in [0.05, 0.1) is 25.7 Å². The van der Waals surface area contributed by atoms with Crippen molar-refractivity contribution in [2.45, 2.75) is 38.2 Å². The smallest absolute Gasteiger partial charge is 0.309 e. The first-order chi connectivity index (χ1) is 13.7. The van der Waals surface area contributed by atoms with Gasteiger partial charge < -0.3 is 19.1 Å². The average Bonchev–Trinajstić information content (AvgIpc) is 2.77. The van der Waals surface area contributed by atoms with Crippen molar-refractivity contribution in [1.29, 1.82) is 0 Å². The zero-order valence-corrected chi connectivity index (χ0v) is 17.3. The van der Waals surface area contributed by atoms with Gasteiger partial charge in [-0.25, -0.2) is 0 Å². The van der Waals surface area contributed by atoms with Gasteiger partial charge in [-0.1, -0.05) is 12.5 Å². The van der Waals surface area contributed by atoms with Crippen molar-refractivity contribution >= 4 is 11.7 Å². The fourth-order valence-electron chi connectivity index (χ4n) is 4.19. The Balaban J connectivity index is 1.32. The van der Waals surface area contributed by atoms with E-state index >= 15 is 0 Å². The van der Waals surface area contributed by atoms with Crippen LogP contribution in [0.5, 0.6) is 5.75 Å². The summed E-state index contributed by atoms with van der Waals surface area (Å²) in [6, 6.07) is 8.24. The van der Waals surface area contributed by atoms with Crippen LogP contribution in [0.15, 0.2) is 24.3 Å². The normalized spacial score (nSPS) is 23.4. The first-order valence-electron chi connectivity index (χ1n) is 10.5. The van der Waals surface area contributed by atoms with E-state index in [0.717, 1.165) is 70.6 Å². The minimum absolute atomic E-state index is 0.0186. The van der Waals surface area contributed by atoms with Crippen LogP contribution in [0, 0.1) is 5.92 Å². The van der Waals surface area contributed by atoms with Gasteiger partial charge in [-0.3, -0.25) is 9.69 Å². The van der Waals surface area contributed by atoms with Gasteiger partial charge in [0.2, 0.25) is 0 Å². The number of piperazine rings is 1. The zero-order valence-electron chi connectivity index (χ0n) is 17.3. The first kappa shape index (κ1) is 20.9. The number of benzene rings is 1. The molecule has 1 saturated heterocycles. The molecule has 3 rings (SSSR count). The highest BCUT2D eigenvalue weighted by molar-refractivity contribution is 5.72. The van der Waals surface area contributed by atoms with Crippen LogP contribution in [-0.4, -0.2) is 70.5 Å². The van der Waals surface area contributed by atoms with Crippen molar-refractivity contribution in [3.8, 4) is 5.75 Å². The zero-order chi connectivity index (χ0) is 19.8. The second-order valence-electron chi connectivity index (χ2n) is 7.77. The molecular weight excluding hydrogens is 356 g/mol. The summed E-state index contributed by atoms with van der Waals surface area (Å²) in [6.07, 6.45) is 4.96. The number of hydrogen-bond acceptors (Lipinski definition) is 6. The molecule has 0 amide bonds. The maximum atomic E-state index is 12.3. The van der Waals surface area contributed by atoms with Crippen LogP contribution in [0.3, 0.4) is 0 Å². The second-order valence-corrected chi connectivity index (χ2v) is 7.77. The average molecular weight is 391 g/mol. The van der Waals surface area contributed by atoms with Crippen molar-refractivity contribution in [1.82, 2.24) is 4.90 Å². The van der Waals surface area contributed by atoms with Crippen LogP contribution in [-0.2, 0) is 14.3 Å². The molecule has 1 aliphatic heterocycles. The molecule has 1 aliphatic carbocycles. The van der Waals surface area contributed by atoms with E-state index in [-0.39, 0.29) is 18.0 Å². The lowest BCUT2D eigenvalue weighted by atomic mass is 9.87. The Labute approximate surface area is 168 Å². The molecule has 0 aromatic heterocycles. The summed E-state index contributed by atoms with van der Waals surface area (Å²) >= 11 is 0. The van der Waals surface area contributed by atoms with Gasteiger partial charge in [0.25, 0.3) is 0 Å². The van der Waals surface area contributed by atoms with Gasteiger partial charge in [0, 0.05) is 51.6 Å². The first-order valence-corrected chi connectivity index (χ1v) is 10.5. The Hall–Kier alpha value is -1.79. The van der Waals surface area contributed by atoms with Crippen molar-refractivity contribution in [2.75, 3.05) is 58.5 Å². The molecule has 1 aromatic carbocycles. The Morgan fingerprint density at radius 3 is 2.71 bits per heavy atom. The molecule has 2 fully saturated rings. The van der Waals surface area contributed by atoms with E-state index in [0.29, 0.717) is 6.61 Å². The third-order valence-corrected chi connectivity index (χ3v) is 5.95. The fourth-order valence-corrected chi connectivity index (χ4v) is 4.19. The van der Waals surface area contributed by atoms with E-state index < -0.39 is 0 Å². The molecule has 28 heavy (non-hydrogen) atoms. The number of carbonyl (C=O) groups excluding carboxylic acids is 1. The summed E-state index contributed by atoms with van der Waals surface area (Å²) in [5, 5.41) is 0.